The average Bonchev–Trinajstić information content (AvgIpc) is 2.59. The van der Waals surface area contributed by atoms with Gasteiger partial charge in [0.05, 0.1) is 32.5 Å². The molecule has 23 heavy (non-hydrogen) atoms. The van der Waals surface area contributed by atoms with Gasteiger partial charge in [-0.1, -0.05) is 0 Å². The highest BCUT2D eigenvalue weighted by atomic mass is 16.5. The lowest BCUT2D eigenvalue weighted by molar-refractivity contribution is 0.0354. The Labute approximate surface area is 137 Å². The van der Waals surface area contributed by atoms with Gasteiger partial charge in [0.2, 0.25) is 0 Å². The van der Waals surface area contributed by atoms with E-state index in [2.05, 4.69) is 10.7 Å². The van der Waals surface area contributed by atoms with E-state index in [-0.39, 0.29) is 5.97 Å². The zero-order chi connectivity index (χ0) is 16.8. The number of carbonyl (C=O) groups excluding carboxylic acids is 1. The van der Waals surface area contributed by atoms with E-state index in [0.717, 1.165) is 19.3 Å². The van der Waals surface area contributed by atoms with Gasteiger partial charge < -0.3 is 18.9 Å². The number of ether oxygens (including phenoxy) is 4. The Kier molecular flexibility index (Phi) is 10.3. The Morgan fingerprint density at radius 3 is 2.30 bits per heavy atom. The molecule has 0 saturated heterocycles. The Hall–Kier alpha value is -2.03. The predicted octanol–water partition coefficient (Wildman–Crippen LogP) is 2.69. The first kappa shape index (κ1) is 19.0. The molecule has 0 heterocycles. The van der Waals surface area contributed by atoms with Gasteiger partial charge >= 0.3 is 5.97 Å². The highest BCUT2D eigenvalue weighted by Crippen LogP contribution is 2.12. The van der Waals surface area contributed by atoms with Crippen molar-refractivity contribution in [2.24, 2.45) is 0 Å². The van der Waals surface area contributed by atoms with Crippen molar-refractivity contribution < 1.29 is 23.7 Å². The summed E-state index contributed by atoms with van der Waals surface area (Å²) in [6.07, 6.45) is 7.95. The minimum absolute atomic E-state index is 0.362. The van der Waals surface area contributed by atoms with Crippen LogP contribution in [0.1, 0.15) is 29.6 Å². The summed E-state index contributed by atoms with van der Waals surface area (Å²) >= 11 is 0. The van der Waals surface area contributed by atoms with Crippen LogP contribution >= 0.6 is 0 Å². The van der Waals surface area contributed by atoms with Crippen molar-refractivity contribution in [3.63, 3.8) is 0 Å². The maximum atomic E-state index is 11.3. The molecule has 0 unspecified atom stereocenters. The van der Waals surface area contributed by atoms with Crippen LogP contribution in [0.25, 0.3) is 0 Å². The number of unbranched alkanes of at least 4 members (excludes halogenated alkanes) is 2. The molecule has 5 heteroatoms. The molecule has 1 aromatic carbocycles. The van der Waals surface area contributed by atoms with Gasteiger partial charge in [-0.2, -0.15) is 0 Å². The van der Waals surface area contributed by atoms with Gasteiger partial charge in [0.1, 0.15) is 12.4 Å². The van der Waals surface area contributed by atoms with Gasteiger partial charge in [-0.15, -0.1) is 12.3 Å². The second-order valence-corrected chi connectivity index (χ2v) is 4.75. The van der Waals surface area contributed by atoms with E-state index in [4.69, 9.17) is 20.6 Å². The Morgan fingerprint density at radius 2 is 1.65 bits per heavy atom. The summed E-state index contributed by atoms with van der Waals surface area (Å²) in [5, 5.41) is 0. The number of methoxy groups -OCH3 is 1. The van der Waals surface area contributed by atoms with E-state index >= 15 is 0 Å². The molecule has 0 atom stereocenters. The Morgan fingerprint density at radius 1 is 1.00 bits per heavy atom. The van der Waals surface area contributed by atoms with Crippen molar-refractivity contribution in [3.05, 3.63) is 29.8 Å². The fraction of sp³-hybridized carbons (Fsp3) is 0.500. The first-order valence-electron chi connectivity index (χ1n) is 7.68. The van der Waals surface area contributed by atoms with Gasteiger partial charge in [-0.25, -0.2) is 4.79 Å². The summed E-state index contributed by atoms with van der Waals surface area (Å²) in [7, 11) is 1.35. The topological polar surface area (TPSA) is 54.0 Å². The molecule has 0 spiro atoms. The second-order valence-electron chi connectivity index (χ2n) is 4.75. The molecule has 5 nitrogen and oxygen atoms in total. The quantitative estimate of drug-likeness (QED) is 0.337. The Balaban J connectivity index is 1.99. The zero-order valence-electron chi connectivity index (χ0n) is 13.6. The van der Waals surface area contributed by atoms with Gasteiger partial charge in [0, 0.05) is 13.0 Å². The van der Waals surface area contributed by atoms with E-state index in [1.807, 2.05) is 0 Å². The number of hydrogen-bond acceptors (Lipinski definition) is 5. The van der Waals surface area contributed by atoms with Crippen molar-refractivity contribution >= 4 is 5.97 Å². The molecular weight excluding hydrogens is 296 g/mol. The highest BCUT2D eigenvalue weighted by Gasteiger charge is 2.04. The predicted molar refractivity (Wildman–Crippen MR) is 87.6 cm³/mol. The number of benzene rings is 1. The first-order chi connectivity index (χ1) is 11.3. The molecule has 0 amide bonds. The Bertz CT molecular complexity index is 475. The molecule has 0 saturated carbocycles. The van der Waals surface area contributed by atoms with Gasteiger partial charge in [0.15, 0.2) is 0 Å². The average molecular weight is 320 g/mol. The third-order valence-corrected chi connectivity index (χ3v) is 3.00. The van der Waals surface area contributed by atoms with Crippen molar-refractivity contribution in [3.8, 4) is 18.1 Å². The lowest BCUT2D eigenvalue weighted by Crippen LogP contribution is -2.11. The standard InChI is InChI=1S/C18H24O5/c1-3-4-5-6-11-21-12-13-22-14-15-23-17-9-7-16(8-10-17)18(19)20-2/h1,7-10H,4-6,11-15H2,2H3. The van der Waals surface area contributed by atoms with Crippen LogP contribution in [0.5, 0.6) is 5.75 Å². The molecular formula is C18H24O5. The largest absolute Gasteiger partial charge is 0.491 e. The van der Waals surface area contributed by atoms with Crippen molar-refractivity contribution in [2.75, 3.05) is 40.1 Å². The molecule has 1 aromatic rings. The lowest BCUT2D eigenvalue weighted by atomic mass is 10.2. The summed E-state index contributed by atoms with van der Waals surface area (Å²) in [6.45, 7) is 2.76. The van der Waals surface area contributed by atoms with Gasteiger partial charge in [-0.05, 0) is 37.1 Å². The summed E-state index contributed by atoms with van der Waals surface area (Å²) in [5.41, 5.74) is 0.496. The van der Waals surface area contributed by atoms with E-state index in [0.29, 0.717) is 44.3 Å². The fourth-order valence-electron chi connectivity index (χ4n) is 1.78. The number of carbonyl (C=O) groups is 1. The number of hydrogen-bond donors (Lipinski definition) is 0. The first-order valence-corrected chi connectivity index (χ1v) is 7.68. The van der Waals surface area contributed by atoms with Crippen LogP contribution in [-0.4, -0.2) is 46.1 Å². The van der Waals surface area contributed by atoms with Crippen molar-refractivity contribution in [2.45, 2.75) is 19.3 Å². The molecule has 0 aromatic heterocycles. The van der Waals surface area contributed by atoms with E-state index in [9.17, 15) is 4.79 Å². The minimum Gasteiger partial charge on any atom is -0.491 e. The maximum Gasteiger partial charge on any atom is 0.337 e. The molecule has 0 N–H and O–H groups in total. The van der Waals surface area contributed by atoms with Gasteiger partial charge in [-0.3, -0.25) is 0 Å². The second kappa shape index (κ2) is 12.5. The van der Waals surface area contributed by atoms with E-state index in [1.165, 1.54) is 7.11 Å². The van der Waals surface area contributed by atoms with Crippen LogP contribution in [-0.2, 0) is 14.2 Å². The zero-order valence-corrected chi connectivity index (χ0v) is 13.6. The van der Waals surface area contributed by atoms with Crippen LogP contribution in [0, 0.1) is 12.3 Å². The van der Waals surface area contributed by atoms with E-state index in [1.54, 1.807) is 24.3 Å². The summed E-state index contributed by atoms with van der Waals surface area (Å²) in [5.74, 6) is 2.93. The number of rotatable bonds is 12. The number of terminal acetylenes is 1. The van der Waals surface area contributed by atoms with Crippen molar-refractivity contribution in [1.82, 2.24) is 0 Å². The van der Waals surface area contributed by atoms with Crippen LogP contribution in [0.3, 0.4) is 0 Å². The number of esters is 1. The third-order valence-electron chi connectivity index (χ3n) is 3.00. The van der Waals surface area contributed by atoms with Crippen molar-refractivity contribution in [1.29, 1.82) is 0 Å². The normalized spacial score (nSPS) is 10.1. The lowest BCUT2D eigenvalue weighted by Gasteiger charge is -2.08. The maximum absolute atomic E-state index is 11.3. The smallest absolute Gasteiger partial charge is 0.337 e. The summed E-state index contributed by atoms with van der Waals surface area (Å²) in [6, 6.07) is 6.78. The third kappa shape index (κ3) is 8.87. The summed E-state index contributed by atoms with van der Waals surface area (Å²) < 4.78 is 21.0. The van der Waals surface area contributed by atoms with Gasteiger partial charge in [0.25, 0.3) is 0 Å². The van der Waals surface area contributed by atoms with Crippen LogP contribution in [0.4, 0.5) is 0 Å². The summed E-state index contributed by atoms with van der Waals surface area (Å²) in [4.78, 5) is 11.3. The van der Waals surface area contributed by atoms with Crippen LogP contribution in [0.15, 0.2) is 24.3 Å². The van der Waals surface area contributed by atoms with E-state index < -0.39 is 0 Å². The molecule has 126 valence electrons. The SMILES string of the molecule is C#CCCCCOCCOCCOc1ccc(C(=O)OC)cc1. The fourth-order valence-corrected chi connectivity index (χ4v) is 1.78. The molecule has 0 fully saturated rings. The monoisotopic (exact) mass is 320 g/mol. The molecule has 0 aliphatic rings. The molecule has 1 rings (SSSR count). The van der Waals surface area contributed by atoms with Crippen LogP contribution < -0.4 is 4.74 Å². The molecule has 0 aliphatic carbocycles. The van der Waals surface area contributed by atoms with Crippen LogP contribution in [0.2, 0.25) is 0 Å². The molecule has 0 bridgehead atoms. The molecule has 0 radical (unpaired) electrons. The molecule has 0 aliphatic heterocycles. The minimum atomic E-state index is -0.362. The highest BCUT2D eigenvalue weighted by molar-refractivity contribution is 5.89.